The fourth-order valence-corrected chi connectivity index (χ4v) is 5.87. The molecule has 1 atom stereocenters. The lowest BCUT2D eigenvalue weighted by Crippen LogP contribution is -2.39. The SMILES string of the molecule is CCOC(=O)C1=C(C)N=c2s/c(=C\c3ccc(-c4ccc(Cl)cc4[N+](=O)[O-])o3)c(=O)n2[C@@H]1c1ccc(OC(C)C)cc1. The third-order valence-corrected chi connectivity index (χ3v) is 7.62. The van der Waals surface area contributed by atoms with Gasteiger partial charge >= 0.3 is 5.97 Å². The summed E-state index contributed by atoms with van der Waals surface area (Å²) in [7, 11) is 0. The van der Waals surface area contributed by atoms with Crippen LogP contribution in [0.1, 0.15) is 45.1 Å². The molecule has 0 N–H and O–H groups in total. The van der Waals surface area contributed by atoms with Crippen LogP contribution in [0.2, 0.25) is 5.02 Å². The molecule has 2 aromatic heterocycles. The summed E-state index contributed by atoms with van der Waals surface area (Å²) in [6.07, 6.45) is 1.54. The Morgan fingerprint density at radius 3 is 2.62 bits per heavy atom. The van der Waals surface area contributed by atoms with Gasteiger partial charge in [0.2, 0.25) is 0 Å². The highest BCUT2D eigenvalue weighted by molar-refractivity contribution is 7.07. The molecule has 0 saturated heterocycles. The molecule has 0 radical (unpaired) electrons. The lowest BCUT2D eigenvalue weighted by atomic mass is 9.96. The van der Waals surface area contributed by atoms with Crippen molar-refractivity contribution in [2.24, 2.45) is 4.99 Å². The van der Waals surface area contributed by atoms with Crippen molar-refractivity contribution in [3.8, 4) is 17.1 Å². The molecule has 0 unspecified atom stereocenters. The lowest BCUT2D eigenvalue weighted by molar-refractivity contribution is -0.384. The largest absolute Gasteiger partial charge is 0.491 e. The first kappa shape index (κ1) is 29.0. The van der Waals surface area contributed by atoms with E-state index in [0.717, 1.165) is 11.3 Å². The molecule has 1 aliphatic rings. The Morgan fingerprint density at radius 2 is 1.95 bits per heavy atom. The number of nitro groups is 1. The van der Waals surface area contributed by atoms with Gasteiger partial charge < -0.3 is 13.9 Å². The molecule has 0 bridgehead atoms. The van der Waals surface area contributed by atoms with Gasteiger partial charge in [-0.3, -0.25) is 19.5 Å². The number of nitrogens with zero attached hydrogens (tertiary/aromatic N) is 3. The van der Waals surface area contributed by atoms with Gasteiger partial charge in [0.05, 0.1) is 45.0 Å². The molecule has 0 amide bonds. The van der Waals surface area contributed by atoms with E-state index in [4.69, 9.17) is 25.5 Å². The third-order valence-electron chi connectivity index (χ3n) is 6.41. The van der Waals surface area contributed by atoms with E-state index in [1.807, 2.05) is 26.0 Å². The van der Waals surface area contributed by atoms with Crippen molar-refractivity contribution in [2.75, 3.05) is 6.61 Å². The molecule has 1 aliphatic heterocycles. The van der Waals surface area contributed by atoms with Crippen LogP contribution in [0.25, 0.3) is 17.4 Å². The molecule has 3 heterocycles. The Balaban J connectivity index is 1.61. The van der Waals surface area contributed by atoms with Crippen molar-refractivity contribution in [2.45, 2.75) is 39.8 Å². The van der Waals surface area contributed by atoms with Gasteiger partial charge in [-0.25, -0.2) is 9.79 Å². The second-order valence-corrected chi connectivity index (χ2v) is 11.1. The summed E-state index contributed by atoms with van der Waals surface area (Å²) < 4.78 is 18.8. The van der Waals surface area contributed by atoms with E-state index in [9.17, 15) is 19.7 Å². The Labute approximate surface area is 248 Å². The molecule has 2 aromatic carbocycles. The van der Waals surface area contributed by atoms with E-state index >= 15 is 0 Å². The van der Waals surface area contributed by atoms with Gasteiger partial charge in [0.1, 0.15) is 17.3 Å². The number of nitro benzene ring substituents is 1. The predicted molar refractivity (Wildman–Crippen MR) is 158 cm³/mol. The van der Waals surface area contributed by atoms with Crippen molar-refractivity contribution in [3.05, 3.63) is 112 Å². The standard InChI is InChI=1S/C30H26ClN3O7S/c1-5-39-29(36)26-17(4)32-30-33(27(26)18-6-9-20(10-7-18)40-16(2)3)28(35)25(42-30)15-21-11-13-24(41-21)22-12-8-19(31)14-23(22)34(37)38/h6-16,27H,5H2,1-4H3/b25-15-/t27-/m1/s1. The molecule has 12 heteroatoms. The van der Waals surface area contributed by atoms with Crippen LogP contribution >= 0.6 is 22.9 Å². The highest BCUT2D eigenvalue weighted by Crippen LogP contribution is 2.34. The van der Waals surface area contributed by atoms with Crippen molar-refractivity contribution in [1.82, 2.24) is 4.57 Å². The summed E-state index contributed by atoms with van der Waals surface area (Å²) in [5.41, 5.74) is 1.08. The third kappa shape index (κ3) is 5.65. The Morgan fingerprint density at radius 1 is 1.21 bits per heavy atom. The number of halogens is 1. The number of allylic oxidation sites excluding steroid dienone is 1. The monoisotopic (exact) mass is 607 g/mol. The van der Waals surface area contributed by atoms with Gasteiger partial charge in [-0.2, -0.15) is 0 Å². The zero-order chi connectivity index (χ0) is 30.1. The molecule has 216 valence electrons. The number of ether oxygens (including phenoxy) is 2. The van der Waals surface area contributed by atoms with Crippen molar-refractivity contribution in [3.63, 3.8) is 0 Å². The van der Waals surface area contributed by atoms with E-state index in [0.29, 0.717) is 32.1 Å². The maximum Gasteiger partial charge on any atom is 0.338 e. The number of fused-ring (bicyclic) bond motifs is 1. The summed E-state index contributed by atoms with van der Waals surface area (Å²) >= 11 is 7.09. The van der Waals surface area contributed by atoms with Crippen LogP contribution in [0.3, 0.4) is 0 Å². The van der Waals surface area contributed by atoms with Gasteiger partial charge in [0.15, 0.2) is 4.80 Å². The molecule has 0 spiro atoms. The molecule has 5 rings (SSSR count). The minimum Gasteiger partial charge on any atom is -0.491 e. The first-order valence-electron chi connectivity index (χ1n) is 13.1. The summed E-state index contributed by atoms with van der Waals surface area (Å²) in [4.78, 5) is 42.9. The van der Waals surface area contributed by atoms with Crippen LogP contribution in [0.15, 0.2) is 80.1 Å². The number of hydrogen-bond donors (Lipinski definition) is 0. The predicted octanol–water partition coefficient (Wildman–Crippen LogP) is 5.41. The second kappa shape index (κ2) is 11.8. The van der Waals surface area contributed by atoms with Crippen molar-refractivity contribution in [1.29, 1.82) is 0 Å². The normalized spacial score (nSPS) is 15.0. The molecule has 4 aromatic rings. The maximum atomic E-state index is 13.8. The van der Waals surface area contributed by atoms with Crippen LogP contribution < -0.4 is 19.6 Å². The van der Waals surface area contributed by atoms with E-state index in [2.05, 4.69) is 4.99 Å². The minimum absolute atomic E-state index is 0.0151. The van der Waals surface area contributed by atoms with Crippen LogP contribution in [0.4, 0.5) is 5.69 Å². The number of esters is 1. The highest BCUT2D eigenvalue weighted by atomic mass is 35.5. The fourth-order valence-electron chi connectivity index (χ4n) is 4.68. The first-order chi connectivity index (χ1) is 20.1. The maximum absolute atomic E-state index is 13.8. The van der Waals surface area contributed by atoms with E-state index in [1.165, 1.54) is 22.8 Å². The average molecular weight is 608 g/mol. The number of aromatic nitrogens is 1. The molecule has 42 heavy (non-hydrogen) atoms. The quantitative estimate of drug-likeness (QED) is 0.149. The van der Waals surface area contributed by atoms with Crippen LogP contribution in [0.5, 0.6) is 5.75 Å². The van der Waals surface area contributed by atoms with Crippen LogP contribution in [-0.4, -0.2) is 28.2 Å². The number of benzene rings is 2. The minimum atomic E-state index is -0.778. The Kier molecular flexibility index (Phi) is 8.15. The molecule has 0 saturated carbocycles. The van der Waals surface area contributed by atoms with Gasteiger partial charge in [-0.05, 0) is 69.7 Å². The first-order valence-corrected chi connectivity index (χ1v) is 14.3. The number of furan rings is 1. The molecular weight excluding hydrogens is 582 g/mol. The van der Waals surface area contributed by atoms with E-state index in [1.54, 1.807) is 44.2 Å². The highest BCUT2D eigenvalue weighted by Gasteiger charge is 2.33. The average Bonchev–Trinajstić information content (AvgIpc) is 3.52. The van der Waals surface area contributed by atoms with E-state index < -0.39 is 16.9 Å². The van der Waals surface area contributed by atoms with E-state index in [-0.39, 0.29) is 45.9 Å². The number of carbonyl (C=O) groups excluding carboxylic acids is 1. The van der Waals surface area contributed by atoms with Gasteiger partial charge in [-0.15, -0.1) is 0 Å². The summed E-state index contributed by atoms with van der Waals surface area (Å²) in [5.74, 6) is 0.668. The molecule has 0 aliphatic carbocycles. The van der Waals surface area contributed by atoms with Crippen molar-refractivity contribution < 1.29 is 23.6 Å². The van der Waals surface area contributed by atoms with Crippen molar-refractivity contribution >= 4 is 40.7 Å². The Bertz CT molecular complexity index is 1900. The lowest BCUT2D eigenvalue weighted by Gasteiger charge is -2.25. The fraction of sp³-hybridized carbons (Fsp3) is 0.233. The number of rotatable bonds is 8. The molecular formula is C30H26ClN3O7S. The smallest absolute Gasteiger partial charge is 0.338 e. The van der Waals surface area contributed by atoms with Gasteiger partial charge in [-0.1, -0.05) is 35.1 Å². The Hall–Kier alpha value is -4.48. The van der Waals surface area contributed by atoms with Crippen LogP contribution in [-0.2, 0) is 9.53 Å². The van der Waals surface area contributed by atoms with Gasteiger partial charge in [0, 0.05) is 17.2 Å². The molecule has 0 fully saturated rings. The topological polar surface area (TPSA) is 126 Å². The number of hydrogen-bond acceptors (Lipinski definition) is 9. The summed E-state index contributed by atoms with van der Waals surface area (Å²) in [6.45, 7) is 7.45. The summed E-state index contributed by atoms with van der Waals surface area (Å²) in [5, 5.41) is 11.8. The molecule has 10 nitrogen and oxygen atoms in total. The number of thiazole rings is 1. The summed E-state index contributed by atoms with van der Waals surface area (Å²) in [6, 6.07) is 13.9. The zero-order valence-electron chi connectivity index (χ0n) is 23.1. The zero-order valence-corrected chi connectivity index (χ0v) is 24.7. The second-order valence-electron chi connectivity index (χ2n) is 9.66. The van der Waals surface area contributed by atoms with Gasteiger partial charge in [0.25, 0.3) is 11.2 Å². The number of carbonyl (C=O) groups is 1. The van der Waals surface area contributed by atoms with Crippen LogP contribution in [0, 0.1) is 10.1 Å².